The molecule has 3 nitrogen and oxygen atoms in total. The van der Waals surface area contributed by atoms with Gasteiger partial charge in [0.1, 0.15) is 0 Å². The van der Waals surface area contributed by atoms with Crippen molar-refractivity contribution in [3.63, 3.8) is 0 Å². The lowest BCUT2D eigenvalue weighted by Gasteiger charge is -2.08. The fraction of sp³-hybridized carbons (Fsp3) is 0.286. The quantitative estimate of drug-likeness (QED) is 0.872. The maximum Gasteiger partial charge on any atom is 0.223 e. The van der Waals surface area contributed by atoms with E-state index < -0.39 is 0 Å². The van der Waals surface area contributed by atoms with Crippen molar-refractivity contribution in [1.29, 1.82) is 0 Å². The van der Waals surface area contributed by atoms with Gasteiger partial charge in [-0.1, -0.05) is 30.3 Å². The minimum Gasteiger partial charge on any atom is -0.352 e. The van der Waals surface area contributed by atoms with E-state index in [2.05, 4.69) is 41.3 Å². The van der Waals surface area contributed by atoms with Crippen LogP contribution in [0.5, 0.6) is 0 Å². The molecule has 0 aliphatic carbocycles. The maximum atomic E-state index is 4.49. The van der Waals surface area contributed by atoms with Crippen LogP contribution in [0, 0.1) is 0 Å². The van der Waals surface area contributed by atoms with Crippen LogP contribution in [-0.4, -0.2) is 16.0 Å². The number of anilines is 1. The van der Waals surface area contributed by atoms with Crippen molar-refractivity contribution in [1.82, 2.24) is 9.97 Å². The predicted octanol–water partition coefficient (Wildman–Crippen LogP) is 2.89. The van der Waals surface area contributed by atoms with E-state index >= 15 is 0 Å². The van der Waals surface area contributed by atoms with Crippen molar-refractivity contribution in [2.45, 2.75) is 26.3 Å². The number of rotatable bonds is 4. The molecular formula is C14H17N3. The van der Waals surface area contributed by atoms with Crippen LogP contribution >= 0.6 is 0 Å². The Balaban J connectivity index is 2.11. The highest BCUT2D eigenvalue weighted by Crippen LogP contribution is 2.08. The van der Waals surface area contributed by atoms with Gasteiger partial charge in [-0.15, -0.1) is 0 Å². The number of hydrogen-bond acceptors (Lipinski definition) is 3. The van der Waals surface area contributed by atoms with Crippen molar-refractivity contribution in [2.24, 2.45) is 0 Å². The summed E-state index contributed by atoms with van der Waals surface area (Å²) in [4.78, 5) is 8.68. The lowest BCUT2D eigenvalue weighted by atomic mass is 10.1. The SMILES string of the molecule is CC(C)Nc1nccc(Cc2ccccc2)n1. The van der Waals surface area contributed by atoms with Crippen LogP contribution in [0.2, 0.25) is 0 Å². The molecular weight excluding hydrogens is 210 g/mol. The van der Waals surface area contributed by atoms with E-state index in [9.17, 15) is 0 Å². The Morgan fingerprint density at radius 2 is 1.88 bits per heavy atom. The first-order chi connectivity index (χ1) is 8.24. The minimum absolute atomic E-state index is 0.349. The van der Waals surface area contributed by atoms with Crippen molar-refractivity contribution in [2.75, 3.05) is 5.32 Å². The van der Waals surface area contributed by atoms with E-state index in [-0.39, 0.29) is 0 Å². The summed E-state index contributed by atoms with van der Waals surface area (Å²) in [6, 6.07) is 12.6. The van der Waals surface area contributed by atoms with E-state index in [1.54, 1.807) is 6.20 Å². The van der Waals surface area contributed by atoms with Gasteiger partial charge in [-0.2, -0.15) is 0 Å². The molecule has 0 aliphatic heterocycles. The molecule has 1 aromatic carbocycles. The lowest BCUT2D eigenvalue weighted by Crippen LogP contribution is -2.13. The molecule has 1 aromatic heterocycles. The molecule has 0 saturated carbocycles. The molecule has 0 amide bonds. The van der Waals surface area contributed by atoms with Gasteiger partial charge in [-0.05, 0) is 25.5 Å². The van der Waals surface area contributed by atoms with Crippen LogP contribution in [0.3, 0.4) is 0 Å². The summed E-state index contributed by atoms with van der Waals surface area (Å²) in [6.45, 7) is 4.15. The zero-order valence-electron chi connectivity index (χ0n) is 10.2. The third-order valence-corrected chi connectivity index (χ3v) is 2.36. The zero-order valence-corrected chi connectivity index (χ0v) is 10.2. The highest BCUT2D eigenvalue weighted by Gasteiger charge is 2.01. The second-order valence-electron chi connectivity index (χ2n) is 4.33. The maximum absolute atomic E-state index is 4.49. The predicted molar refractivity (Wildman–Crippen MR) is 70.0 cm³/mol. The molecule has 0 fully saturated rings. The summed E-state index contributed by atoms with van der Waals surface area (Å²) in [5.41, 5.74) is 2.30. The van der Waals surface area contributed by atoms with Gasteiger partial charge in [0.15, 0.2) is 0 Å². The lowest BCUT2D eigenvalue weighted by molar-refractivity contribution is 0.866. The molecule has 1 heterocycles. The molecule has 2 aromatic rings. The molecule has 0 spiro atoms. The Hall–Kier alpha value is -1.90. The molecule has 0 bridgehead atoms. The zero-order chi connectivity index (χ0) is 12.1. The van der Waals surface area contributed by atoms with E-state index in [0.29, 0.717) is 12.0 Å². The molecule has 0 unspecified atom stereocenters. The van der Waals surface area contributed by atoms with Crippen LogP contribution in [0.25, 0.3) is 0 Å². The van der Waals surface area contributed by atoms with Crippen LogP contribution < -0.4 is 5.32 Å². The van der Waals surface area contributed by atoms with E-state index in [1.165, 1.54) is 5.56 Å². The molecule has 1 N–H and O–H groups in total. The number of hydrogen-bond donors (Lipinski definition) is 1. The molecule has 88 valence electrons. The molecule has 0 saturated heterocycles. The fourth-order valence-corrected chi connectivity index (χ4v) is 1.63. The second kappa shape index (κ2) is 5.43. The standard InChI is InChI=1S/C14H17N3/c1-11(2)16-14-15-9-8-13(17-14)10-12-6-4-3-5-7-12/h3-9,11H,10H2,1-2H3,(H,15,16,17). The van der Waals surface area contributed by atoms with Gasteiger partial charge in [0.25, 0.3) is 0 Å². The normalized spacial score (nSPS) is 10.5. The van der Waals surface area contributed by atoms with Crippen LogP contribution in [0.4, 0.5) is 5.95 Å². The monoisotopic (exact) mass is 227 g/mol. The van der Waals surface area contributed by atoms with Gasteiger partial charge in [0.05, 0.1) is 5.69 Å². The van der Waals surface area contributed by atoms with Crippen molar-refractivity contribution < 1.29 is 0 Å². The van der Waals surface area contributed by atoms with Gasteiger partial charge in [-0.25, -0.2) is 9.97 Å². The molecule has 0 atom stereocenters. The average Bonchev–Trinajstić information content (AvgIpc) is 2.30. The highest BCUT2D eigenvalue weighted by atomic mass is 15.1. The molecule has 2 rings (SSSR count). The first-order valence-corrected chi connectivity index (χ1v) is 5.86. The van der Waals surface area contributed by atoms with Crippen LogP contribution in [0.15, 0.2) is 42.6 Å². The largest absolute Gasteiger partial charge is 0.352 e. The second-order valence-corrected chi connectivity index (χ2v) is 4.33. The Kier molecular flexibility index (Phi) is 3.70. The summed E-state index contributed by atoms with van der Waals surface area (Å²) >= 11 is 0. The molecule has 3 heteroatoms. The van der Waals surface area contributed by atoms with Crippen molar-refractivity contribution in [3.05, 3.63) is 53.9 Å². The third kappa shape index (κ3) is 3.55. The fourth-order valence-electron chi connectivity index (χ4n) is 1.63. The van der Waals surface area contributed by atoms with Crippen molar-refractivity contribution in [3.8, 4) is 0 Å². The molecule has 17 heavy (non-hydrogen) atoms. The molecule has 0 aliphatic rings. The molecule has 0 radical (unpaired) electrons. The first-order valence-electron chi connectivity index (χ1n) is 5.86. The van der Waals surface area contributed by atoms with Gasteiger partial charge >= 0.3 is 0 Å². The first kappa shape index (κ1) is 11.6. The summed E-state index contributed by atoms with van der Waals surface area (Å²) in [5, 5.41) is 3.21. The van der Waals surface area contributed by atoms with Gasteiger partial charge in [0, 0.05) is 18.7 Å². The Labute approximate surface area is 102 Å². The summed E-state index contributed by atoms with van der Waals surface area (Å²) in [7, 11) is 0. The average molecular weight is 227 g/mol. The highest BCUT2D eigenvalue weighted by molar-refractivity contribution is 5.28. The smallest absolute Gasteiger partial charge is 0.223 e. The summed E-state index contributed by atoms with van der Waals surface area (Å²) < 4.78 is 0. The summed E-state index contributed by atoms with van der Waals surface area (Å²) in [5.74, 6) is 0.702. The topological polar surface area (TPSA) is 37.8 Å². The van der Waals surface area contributed by atoms with E-state index in [1.807, 2.05) is 24.3 Å². The van der Waals surface area contributed by atoms with Crippen LogP contribution in [0.1, 0.15) is 25.1 Å². The summed E-state index contributed by atoms with van der Waals surface area (Å²) in [6.07, 6.45) is 2.64. The van der Waals surface area contributed by atoms with Crippen LogP contribution in [-0.2, 0) is 6.42 Å². The number of nitrogens with zero attached hydrogens (tertiary/aromatic N) is 2. The van der Waals surface area contributed by atoms with E-state index in [0.717, 1.165) is 12.1 Å². The van der Waals surface area contributed by atoms with Gasteiger partial charge in [0.2, 0.25) is 5.95 Å². The Morgan fingerprint density at radius 3 is 2.59 bits per heavy atom. The van der Waals surface area contributed by atoms with Gasteiger partial charge in [-0.3, -0.25) is 0 Å². The number of benzene rings is 1. The Morgan fingerprint density at radius 1 is 1.12 bits per heavy atom. The van der Waals surface area contributed by atoms with Gasteiger partial charge < -0.3 is 5.32 Å². The van der Waals surface area contributed by atoms with Crippen molar-refractivity contribution >= 4 is 5.95 Å². The third-order valence-electron chi connectivity index (χ3n) is 2.36. The number of nitrogens with one attached hydrogen (secondary N) is 1. The van der Waals surface area contributed by atoms with E-state index in [4.69, 9.17) is 0 Å². The minimum atomic E-state index is 0.349. The Bertz CT molecular complexity index is 466. The number of aromatic nitrogens is 2.